The molecule has 0 saturated carbocycles. The number of ether oxygens (including phenoxy) is 1. The first-order valence-electron chi connectivity index (χ1n) is 7.78. The van der Waals surface area contributed by atoms with Gasteiger partial charge in [-0.05, 0) is 42.9 Å². The summed E-state index contributed by atoms with van der Waals surface area (Å²) in [4.78, 5) is 4.55. The first-order valence-corrected chi connectivity index (χ1v) is 7.78. The fourth-order valence-electron chi connectivity index (χ4n) is 1.85. The Bertz CT molecular complexity index is 396. The second-order valence-electron chi connectivity index (χ2n) is 6.49. The fraction of sp³-hybridized carbons (Fsp3) is 0.706. The number of hydrogen-bond donors (Lipinski definition) is 1. The molecule has 0 aliphatic carbocycles. The summed E-state index contributed by atoms with van der Waals surface area (Å²) in [6.45, 7) is 13.7. The number of aromatic nitrogens is 1. The van der Waals surface area contributed by atoms with Gasteiger partial charge in [0.15, 0.2) is 0 Å². The first kappa shape index (κ1) is 17.0. The SMILES string of the molecule is CCCNCc1cc(CC)nc(OCCC(C)(C)C)c1. The molecule has 0 aliphatic heterocycles. The topological polar surface area (TPSA) is 34.2 Å². The van der Waals surface area contributed by atoms with Gasteiger partial charge in [-0.25, -0.2) is 4.98 Å². The summed E-state index contributed by atoms with van der Waals surface area (Å²) >= 11 is 0. The Kier molecular flexibility index (Phi) is 7.00. The Labute approximate surface area is 124 Å². The summed E-state index contributed by atoms with van der Waals surface area (Å²) in [5, 5.41) is 3.43. The van der Waals surface area contributed by atoms with Crippen LogP contribution in [0.15, 0.2) is 12.1 Å². The van der Waals surface area contributed by atoms with Crippen LogP contribution in [0, 0.1) is 5.41 Å². The molecule has 20 heavy (non-hydrogen) atoms. The van der Waals surface area contributed by atoms with Crippen LogP contribution < -0.4 is 10.1 Å². The Hall–Kier alpha value is -1.09. The first-order chi connectivity index (χ1) is 9.44. The zero-order valence-corrected chi connectivity index (χ0v) is 13.8. The van der Waals surface area contributed by atoms with Crippen LogP contribution in [0.2, 0.25) is 0 Å². The molecular formula is C17H30N2O. The average molecular weight is 278 g/mol. The molecule has 0 saturated heterocycles. The number of nitrogens with zero attached hydrogens (tertiary/aromatic N) is 1. The van der Waals surface area contributed by atoms with Gasteiger partial charge < -0.3 is 10.1 Å². The van der Waals surface area contributed by atoms with Crippen molar-refractivity contribution in [3.63, 3.8) is 0 Å². The quantitative estimate of drug-likeness (QED) is 0.731. The van der Waals surface area contributed by atoms with E-state index in [2.05, 4.69) is 57.1 Å². The third-order valence-corrected chi connectivity index (χ3v) is 3.13. The van der Waals surface area contributed by atoms with E-state index in [9.17, 15) is 0 Å². The van der Waals surface area contributed by atoms with Crippen molar-refractivity contribution in [3.8, 4) is 5.88 Å². The molecule has 0 unspecified atom stereocenters. The van der Waals surface area contributed by atoms with Crippen molar-refractivity contribution in [1.82, 2.24) is 10.3 Å². The van der Waals surface area contributed by atoms with Crippen LogP contribution in [0.4, 0.5) is 0 Å². The van der Waals surface area contributed by atoms with Crippen molar-refractivity contribution in [1.29, 1.82) is 0 Å². The molecular weight excluding hydrogens is 248 g/mol. The predicted octanol–water partition coefficient (Wildman–Crippen LogP) is 3.96. The van der Waals surface area contributed by atoms with Crippen molar-refractivity contribution in [3.05, 3.63) is 23.4 Å². The maximum atomic E-state index is 5.83. The number of aryl methyl sites for hydroxylation is 1. The van der Waals surface area contributed by atoms with Crippen molar-refractivity contribution in [2.24, 2.45) is 5.41 Å². The second kappa shape index (κ2) is 8.25. The van der Waals surface area contributed by atoms with Crippen LogP contribution in [0.25, 0.3) is 0 Å². The lowest BCUT2D eigenvalue weighted by Gasteiger charge is -2.18. The molecule has 1 rings (SSSR count). The molecule has 3 nitrogen and oxygen atoms in total. The molecule has 1 aromatic heterocycles. The summed E-state index contributed by atoms with van der Waals surface area (Å²) in [7, 11) is 0. The van der Waals surface area contributed by atoms with E-state index in [1.165, 1.54) is 5.56 Å². The minimum atomic E-state index is 0.299. The van der Waals surface area contributed by atoms with Gasteiger partial charge in [0.2, 0.25) is 5.88 Å². The Morgan fingerprint density at radius 2 is 1.95 bits per heavy atom. The minimum absolute atomic E-state index is 0.299. The zero-order valence-electron chi connectivity index (χ0n) is 13.8. The zero-order chi connectivity index (χ0) is 15.0. The van der Waals surface area contributed by atoms with Crippen LogP contribution in [-0.2, 0) is 13.0 Å². The van der Waals surface area contributed by atoms with Gasteiger partial charge in [0.05, 0.1) is 6.61 Å². The molecule has 0 bridgehead atoms. The van der Waals surface area contributed by atoms with Crippen LogP contribution in [0.3, 0.4) is 0 Å². The molecule has 1 N–H and O–H groups in total. The highest BCUT2D eigenvalue weighted by Crippen LogP contribution is 2.20. The molecule has 3 heteroatoms. The largest absolute Gasteiger partial charge is 0.478 e. The predicted molar refractivity (Wildman–Crippen MR) is 85.2 cm³/mol. The minimum Gasteiger partial charge on any atom is -0.478 e. The monoisotopic (exact) mass is 278 g/mol. The van der Waals surface area contributed by atoms with E-state index in [4.69, 9.17) is 4.74 Å². The van der Waals surface area contributed by atoms with Crippen LogP contribution in [0.5, 0.6) is 5.88 Å². The van der Waals surface area contributed by atoms with Gasteiger partial charge in [0.25, 0.3) is 0 Å². The number of pyridine rings is 1. The average Bonchev–Trinajstić information content (AvgIpc) is 2.37. The van der Waals surface area contributed by atoms with E-state index in [1.54, 1.807) is 0 Å². The van der Waals surface area contributed by atoms with Gasteiger partial charge in [-0.3, -0.25) is 0 Å². The third-order valence-electron chi connectivity index (χ3n) is 3.13. The molecule has 0 aliphatic rings. The van der Waals surface area contributed by atoms with Crippen LogP contribution in [0.1, 0.15) is 58.7 Å². The van der Waals surface area contributed by atoms with Crippen molar-refractivity contribution in [2.45, 2.75) is 60.4 Å². The number of hydrogen-bond acceptors (Lipinski definition) is 3. The van der Waals surface area contributed by atoms with E-state index in [1.807, 2.05) is 0 Å². The highest BCUT2D eigenvalue weighted by Gasteiger charge is 2.10. The lowest BCUT2D eigenvalue weighted by atomic mass is 9.93. The van der Waals surface area contributed by atoms with Gasteiger partial charge in [-0.1, -0.05) is 34.6 Å². The van der Waals surface area contributed by atoms with E-state index >= 15 is 0 Å². The van der Waals surface area contributed by atoms with E-state index < -0.39 is 0 Å². The second-order valence-corrected chi connectivity index (χ2v) is 6.49. The highest BCUT2D eigenvalue weighted by molar-refractivity contribution is 5.25. The molecule has 0 radical (unpaired) electrons. The Morgan fingerprint density at radius 3 is 2.55 bits per heavy atom. The molecule has 0 spiro atoms. The molecule has 114 valence electrons. The summed E-state index contributed by atoms with van der Waals surface area (Å²) in [5.41, 5.74) is 2.66. The lowest BCUT2D eigenvalue weighted by molar-refractivity contribution is 0.236. The molecule has 1 aromatic rings. The maximum absolute atomic E-state index is 5.83. The summed E-state index contributed by atoms with van der Waals surface area (Å²) in [6.07, 6.45) is 3.13. The van der Waals surface area contributed by atoms with Gasteiger partial charge >= 0.3 is 0 Å². The molecule has 1 heterocycles. The summed E-state index contributed by atoms with van der Waals surface area (Å²) in [5.74, 6) is 0.766. The van der Waals surface area contributed by atoms with Gasteiger partial charge in [0.1, 0.15) is 0 Å². The highest BCUT2D eigenvalue weighted by atomic mass is 16.5. The maximum Gasteiger partial charge on any atom is 0.213 e. The van der Waals surface area contributed by atoms with Crippen molar-refractivity contribution >= 4 is 0 Å². The lowest BCUT2D eigenvalue weighted by Crippen LogP contribution is -2.15. The molecule has 0 fully saturated rings. The van der Waals surface area contributed by atoms with E-state index in [-0.39, 0.29) is 0 Å². The molecule has 0 amide bonds. The summed E-state index contributed by atoms with van der Waals surface area (Å²) in [6, 6.07) is 4.23. The van der Waals surface area contributed by atoms with Crippen molar-refractivity contribution in [2.75, 3.05) is 13.2 Å². The summed E-state index contributed by atoms with van der Waals surface area (Å²) < 4.78 is 5.83. The van der Waals surface area contributed by atoms with E-state index in [0.29, 0.717) is 5.41 Å². The van der Waals surface area contributed by atoms with Crippen LogP contribution in [-0.4, -0.2) is 18.1 Å². The normalized spacial score (nSPS) is 11.7. The van der Waals surface area contributed by atoms with Crippen LogP contribution >= 0.6 is 0 Å². The standard InChI is InChI=1S/C17H30N2O/c1-6-9-18-13-14-11-15(7-2)19-16(12-14)20-10-8-17(3,4)5/h11-12,18H,6-10,13H2,1-5H3. The smallest absolute Gasteiger partial charge is 0.213 e. The van der Waals surface area contributed by atoms with Gasteiger partial charge in [0, 0.05) is 18.3 Å². The molecule has 0 atom stereocenters. The van der Waals surface area contributed by atoms with E-state index in [0.717, 1.165) is 50.5 Å². The van der Waals surface area contributed by atoms with Gasteiger partial charge in [-0.15, -0.1) is 0 Å². The molecule has 0 aromatic carbocycles. The Balaban J connectivity index is 2.62. The number of rotatable bonds is 8. The number of nitrogens with one attached hydrogen (secondary N) is 1. The Morgan fingerprint density at radius 1 is 1.20 bits per heavy atom. The van der Waals surface area contributed by atoms with Gasteiger partial charge in [-0.2, -0.15) is 0 Å². The third kappa shape index (κ3) is 6.90. The fourth-order valence-corrected chi connectivity index (χ4v) is 1.85. The van der Waals surface area contributed by atoms with Crippen molar-refractivity contribution < 1.29 is 4.74 Å².